The second-order valence-electron chi connectivity index (χ2n) is 5.64. The smallest absolute Gasteiger partial charge is 0.0601 e. The van der Waals surface area contributed by atoms with Crippen molar-refractivity contribution in [2.24, 2.45) is 0 Å². The molecule has 1 unspecified atom stereocenters. The summed E-state index contributed by atoms with van der Waals surface area (Å²) in [6.45, 7) is 7.00. The number of hydrogen-bond acceptors (Lipinski definition) is 3. The van der Waals surface area contributed by atoms with E-state index in [1.807, 2.05) is 7.11 Å². The Morgan fingerprint density at radius 2 is 2.06 bits per heavy atom. The lowest BCUT2D eigenvalue weighted by molar-refractivity contribution is -0.0360. The SMILES string of the molecule is COC1CC(N2CCCC(NC(C)C)C2)C1. The van der Waals surface area contributed by atoms with E-state index in [9.17, 15) is 0 Å². The number of methoxy groups -OCH3 is 1. The Balaban J connectivity index is 1.74. The van der Waals surface area contributed by atoms with E-state index < -0.39 is 0 Å². The molecular weight excluding hydrogens is 200 g/mol. The largest absolute Gasteiger partial charge is 0.381 e. The maximum absolute atomic E-state index is 5.36. The van der Waals surface area contributed by atoms with Gasteiger partial charge in [0.2, 0.25) is 0 Å². The Bertz CT molecular complexity index is 214. The molecule has 0 aromatic carbocycles. The maximum atomic E-state index is 5.36. The van der Waals surface area contributed by atoms with Crippen LogP contribution in [0.4, 0.5) is 0 Å². The fourth-order valence-electron chi connectivity index (χ4n) is 2.97. The quantitative estimate of drug-likeness (QED) is 0.788. The van der Waals surface area contributed by atoms with Crippen LogP contribution >= 0.6 is 0 Å². The van der Waals surface area contributed by atoms with Gasteiger partial charge in [0, 0.05) is 31.8 Å². The highest BCUT2D eigenvalue weighted by Crippen LogP contribution is 2.29. The number of nitrogens with one attached hydrogen (secondary N) is 1. The molecule has 0 bridgehead atoms. The van der Waals surface area contributed by atoms with Crippen LogP contribution in [0.15, 0.2) is 0 Å². The summed E-state index contributed by atoms with van der Waals surface area (Å²) < 4.78 is 5.36. The van der Waals surface area contributed by atoms with Crippen LogP contribution in [0.2, 0.25) is 0 Å². The zero-order valence-electron chi connectivity index (χ0n) is 10.9. The topological polar surface area (TPSA) is 24.5 Å². The molecule has 1 atom stereocenters. The van der Waals surface area contributed by atoms with Crippen molar-refractivity contribution in [1.82, 2.24) is 10.2 Å². The summed E-state index contributed by atoms with van der Waals surface area (Å²) >= 11 is 0. The molecule has 1 saturated heterocycles. The van der Waals surface area contributed by atoms with E-state index in [1.165, 1.54) is 38.8 Å². The lowest BCUT2D eigenvalue weighted by Gasteiger charge is -2.46. The van der Waals surface area contributed by atoms with Crippen molar-refractivity contribution in [3.8, 4) is 0 Å². The van der Waals surface area contributed by atoms with Crippen molar-refractivity contribution in [3.05, 3.63) is 0 Å². The van der Waals surface area contributed by atoms with E-state index in [0.717, 1.165) is 6.04 Å². The Morgan fingerprint density at radius 3 is 2.69 bits per heavy atom. The summed E-state index contributed by atoms with van der Waals surface area (Å²) in [5.74, 6) is 0. The van der Waals surface area contributed by atoms with Crippen LogP contribution < -0.4 is 5.32 Å². The molecule has 16 heavy (non-hydrogen) atoms. The standard InChI is InChI=1S/C13H26N2O/c1-10(2)14-11-5-4-6-15(9-11)12-7-13(8-12)16-3/h10-14H,4-9H2,1-3H3. The molecule has 1 aliphatic carbocycles. The fraction of sp³-hybridized carbons (Fsp3) is 1.00. The summed E-state index contributed by atoms with van der Waals surface area (Å²) in [5, 5.41) is 3.67. The molecule has 1 saturated carbocycles. The van der Waals surface area contributed by atoms with Gasteiger partial charge in [0.15, 0.2) is 0 Å². The fourth-order valence-corrected chi connectivity index (χ4v) is 2.97. The normalized spacial score (nSPS) is 36.4. The second kappa shape index (κ2) is 5.48. The van der Waals surface area contributed by atoms with E-state index in [-0.39, 0.29) is 0 Å². The molecule has 0 radical (unpaired) electrons. The van der Waals surface area contributed by atoms with Crippen LogP contribution in [-0.2, 0) is 4.74 Å². The molecule has 2 rings (SSSR count). The van der Waals surface area contributed by atoms with Crippen molar-refractivity contribution in [2.75, 3.05) is 20.2 Å². The summed E-state index contributed by atoms with van der Waals surface area (Å²) in [6.07, 6.45) is 5.70. The molecule has 0 aromatic rings. The highest BCUT2D eigenvalue weighted by molar-refractivity contribution is 4.91. The minimum atomic E-state index is 0.531. The van der Waals surface area contributed by atoms with Crippen LogP contribution in [0.25, 0.3) is 0 Å². The summed E-state index contributed by atoms with van der Waals surface area (Å²) in [4.78, 5) is 2.67. The lowest BCUT2D eigenvalue weighted by Crippen LogP contribution is -2.55. The first-order chi connectivity index (χ1) is 7.69. The zero-order valence-corrected chi connectivity index (χ0v) is 10.9. The maximum Gasteiger partial charge on any atom is 0.0601 e. The summed E-state index contributed by atoms with van der Waals surface area (Å²) in [5.41, 5.74) is 0. The van der Waals surface area contributed by atoms with E-state index >= 15 is 0 Å². The van der Waals surface area contributed by atoms with Crippen LogP contribution in [-0.4, -0.2) is 49.3 Å². The minimum Gasteiger partial charge on any atom is -0.381 e. The first-order valence-corrected chi connectivity index (χ1v) is 6.72. The van der Waals surface area contributed by atoms with E-state index in [4.69, 9.17) is 4.74 Å². The van der Waals surface area contributed by atoms with Gasteiger partial charge in [-0.2, -0.15) is 0 Å². The predicted octanol–water partition coefficient (Wildman–Crippen LogP) is 1.63. The van der Waals surface area contributed by atoms with Gasteiger partial charge in [-0.25, -0.2) is 0 Å². The molecule has 3 nitrogen and oxygen atoms in total. The molecule has 1 N–H and O–H groups in total. The number of likely N-dealkylation sites (tertiary alicyclic amines) is 1. The van der Waals surface area contributed by atoms with Gasteiger partial charge < -0.3 is 10.1 Å². The third-order valence-electron chi connectivity index (χ3n) is 3.94. The number of nitrogens with zero attached hydrogens (tertiary/aromatic N) is 1. The van der Waals surface area contributed by atoms with Gasteiger partial charge in [-0.15, -0.1) is 0 Å². The van der Waals surface area contributed by atoms with Crippen LogP contribution in [0.5, 0.6) is 0 Å². The molecule has 94 valence electrons. The number of ether oxygens (including phenoxy) is 1. The lowest BCUT2D eigenvalue weighted by atomic mass is 9.86. The van der Waals surface area contributed by atoms with Crippen molar-refractivity contribution >= 4 is 0 Å². The Labute approximate surface area is 99.5 Å². The molecule has 0 aromatic heterocycles. The van der Waals surface area contributed by atoms with E-state index in [2.05, 4.69) is 24.1 Å². The monoisotopic (exact) mass is 226 g/mol. The van der Waals surface area contributed by atoms with Crippen molar-refractivity contribution in [3.63, 3.8) is 0 Å². The third-order valence-corrected chi connectivity index (χ3v) is 3.94. The third kappa shape index (κ3) is 2.96. The highest BCUT2D eigenvalue weighted by Gasteiger charge is 2.35. The summed E-state index contributed by atoms with van der Waals surface area (Å²) in [6, 6.07) is 2.11. The van der Waals surface area contributed by atoms with E-state index in [0.29, 0.717) is 18.2 Å². The van der Waals surface area contributed by atoms with Gasteiger partial charge in [0.1, 0.15) is 0 Å². The first kappa shape index (κ1) is 12.3. The Hall–Kier alpha value is -0.120. The van der Waals surface area contributed by atoms with Crippen molar-refractivity contribution in [1.29, 1.82) is 0 Å². The molecule has 2 fully saturated rings. The van der Waals surface area contributed by atoms with Crippen LogP contribution in [0.1, 0.15) is 39.5 Å². The molecule has 0 amide bonds. The van der Waals surface area contributed by atoms with E-state index in [1.54, 1.807) is 0 Å². The number of hydrogen-bond donors (Lipinski definition) is 1. The second-order valence-corrected chi connectivity index (χ2v) is 5.64. The zero-order chi connectivity index (χ0) is 11.5. The highest BCUT2D eigenvalue weighted by atomic mass is 16.5. The molecule has 3 heteroatoms. The predicted molar refractivity (Wildman–Crippen MR) is 66.7 cm³/mol. The molecule has 0 spiro atoms. The molecular formula is C13H26N2O. The van der Waals surface area contributed by atoms with Crippen molar-refractivity contribution < 1.29 is 4.74 Å². The Morgan fingerprint density at radius 1 is 1.31 bits per heavy atom. The first-order valence-electron chi connectivity index (χ1n) is 6.72. The number of piperidine rings is 1. The van der Waals surface area contributed by atoms with Gasteiger partial charge >= 0.3 is 0 Å². The minimum absolute atomic E-state index is 0.531. The van der Waals surface area contributed by atoms with Gasteiger partial charge in [0.05, 0.1) is 6.10 Å². The van der Waals surface area contributed by atoms with Gasteiger partial charge in [-0.1, -0.05) is 13.8 Å². The van der Waals surface area contributed by atoms with Gasteiger partial charge in [-0.3, -0.25) is 4.90 Å². The van der Waals surface area contributed by atoms with Gasteiger partial charge in [-0.05, 0) is 32.2 Å². The van der Waals surface area contributed by atoms with Crippen LogP contribution in [0, 0.1) is 0 Å². The molecule has 1 aliphatic heterocycles. The molecule has 1 heterocycles. The average Bonchev–Trinajstić information content (AvgIpc) is 2.15. The van der Waals surface area contributed by atoms with Crippen molar-refractivity contribution in [2.45, 2.75) is 63.8 Å². The number of rotatable bonds is 4. The average molecular weight is 226 g/mol. The van der Waals surface area contributed by atoms with Gasteiger partial charge in [0.25, 0.3) is 0 Å². The Kier molecular flexibility index (Phi) is 4.22. The molecule has 2 aliphatic rings. The van der Waals surface area contributed by atoms with Crippen LogP contribution in [0.3, 0.4) is 0 Å². The summed E-state index contributed by atoms with van der Waals surface area (Å²) in [7, 11) is 1.83.